The van der Waals surface area contributed by atoms with Crippen LogP contribution in [0.2, 0.25) is 0 Å². The molecule has 0 spiro atoms. The minimum absolute atomic E-state index is 0.0277. The van der Waals surface area contributed by atoms with Gasteiger partial charge in [-0.15, -0.1) is 0 Å². The number of aliphatic carboxylic acids is 1. The summed E-state index contributed by atoms with van der Waals surface area (Å²) in [6.45, 7) is 1.91. The summed E-state index contributed by atoms with van der Waals surface area (Å²) >= 11 is 3.39. The number of fused-ring (bicyclic) bond motifs is 2. The van der Waals surface area contributed by atoms with Crippen molar-refractivity contribution in [1.29, 1.82) is 0 Å². The largest absolute Gasteiger partial charge is 0.481 e. The van der Waals surface area contributed by atoms with Crippen LogP contribution in [0.1, 0.15) is 35.2 Å². The summed E-state index contributed by atoms with van der Waals surface area (Å²) in [5.41, 5.74) is 1.60. The van der Waals surface area contributed by atoms with E-state index < -0.39 is 11.9 Å². The Morgan fingerprint density at radius 3 is 2.75 bits per heavy atom. The van der Waals surface area contributed by atoms with Gasteiger partial charge in [-0.1, -0.05) is 22.0 Å². The SMILES string of the molecule is Cc1ccc(Br)cc1C(=O)N1C2CCC1C(C(=O)O)C2. The van der Waals surface area contributed by atoms with Crippen LogP contribution in [-0.2, 0) is 4.79 Å². The summed E-state index contributed by atoms with van der Waals surface area (Å²) in [5, 5.41) is 9.26. The third kappa shape index (κ3) is 2.04. The van der Waals surface area contributed by atoms with Crippen molar-refractivity contribution in [3.05, 3.63) is 33.8 Å². The zero-order valence-corrected chi connectivity index (χ0v) is 12.8. The van der Waals surface area contributed by atoms with Gasteiger partial charge in [0.1, 0.15) is 0 Å². The molecule has 0 aromatic heterocycles. The standard InChI is InChI=1S/C15H16BrNO3/c1-8-2-3-9(16)6-11(8)14(18)17-10-4-5-13(17)12(7-10)15(19)20/h2-3,6,10,12-13H,4-5,7H2,1H3,(H,19,20). The first-order chi connectivity index (χ1) is 9.49. The fourth-order valence-electron chi connectivity index (χ4n) is 3.53. The number of aryl methyl sites for hydroxylation is 1. The van der Waals surface area contributed by atoms with Crippen molar-refractivity contribution in [2.75, 3.05) is 0 Å². The van der Waals surface area contributed by atoms with Crippen LogP contribution in [0.25, 0.3) is 0 Å². The first-order valence-electron chi connectivity index (χ1n) is 6.80. The number of benzene rings is 1. The predicted molar refractivity (Wildman–Crippen MR) is 77.6 cm³/mol. The summed E-state index contributed by atoms with van der Waals surface area (Å²) < 4.78 is 0.868. The monoisotopic (exact) mass is 337 g/mol. The molecule has 1 amide bonds. The minimum Gasteiger partial charge on any atom is -0.481 e. The molecule has 2 fully saturated rings. The molecule has 5 heteroatoms. The number of hydrogen-bond acceptors (Lipinski definition) is 2. The molecule has 0 aliphatic carbocycles. The highest BCUT2D eigenvalue weighted by atomic mass is 79.9. The number of nitrogens with zero attached hydrogens (tertiary/aromatic N) is 1. The second kappa shape index (κ2) is 4.88. The average molecular weight is 338 g/mol. The summed E-state index contributed by atoms with van der Waals surface area (Å²) in [7, 11) is 0. The average Bonchev–Trinajstić information content (AvgIpc) is 2.98. The third-order valence-corrected chi connectivity index (χ3v) is 5.01. The number of rotatable bonds is 2. The molecule has 106 valence electrons. The molecule has 3 rings (SSSR count). The third-order valence-electron chi connectivity index (χ3n) is 4.52. The number of halogens is 1. The molecule has 2 heterocycles. The van der Waals surface area contributed by atoms with Crippen molar-refractivity contribution in [3.8, 4) is 0 Å². The lowest BCUT2D eigenvalue weighted by molar-refractivity contribution is -0.142. The number of amides is 1. The van der Waals surface area contributed by atoms with E-state index in [0.717, 1.165) is 22.9 Å². The highest BCUT2D eigenvalue weighted by Crippen LogP contribution is 2.42. The Hall–Kier alpha value is -1.36. The van der Waals surface area contributed by atoms with Crippen LogP contribution in [0.4, 0.5) is 0 Å². The van der Waals surface area contributed by atoms with Gasteiger partial charge in [0, 0.05) is 22.1 Å². The Balaban J connectivity index is 1.92. The van der Waals surface area contributed by atoms with E-state index in [2.05, 4.69) is 15.9 Å². The van der Waals surface area contributed by atoms with Gasteiger partial charge in [0.05, 0.1) is 5.92 Å². The van der Waals surface area contributed by atoms with E-state index in [0.29, 0.717) is 12.0 Å². The fraction of sp³-hybridized carbons (Fsp3) is 0.467. The Bertz CT molecular complexity index is 586. The zero-order valence-electron chi connectivity index (χ0n) is 11.2. The number of carboxylic acids is 1. The maximum absolute atomic E-state index is 12.8. The topological polar surface area (TPSA) is 57.6 Å². The molecule has 4 nitrogen and oxygen atoms in total. The smallest absolute Gasteiger partial charge is 0.308 e. The molecule has 2 aliphatic rings. The van der Waals surface area contributed by atoms with Gasteiger partial charge in [-0.25, -0.2) is 0 Å². The Kier molecular flexibility index (Phi) is 3.32. The van der Waals surface area contributed by atoms with E-state index in [1.54, 1.807) is 0 Å². The van der Waals surface area contributed by atoms with Crippen LogP contribution in [0, 0.1) is 12.8 Å². The first kappa shape index (κ1) is 13.6. The molecule has 3 unspecified atom stereocenters. The quantitative estimate of drug-likeness (QED) is 0.902. The molecule has 1 aromatic carbocycles. The predicted octanol–water partition coefficient (Wildman–Crippen LogP) is 2.84. The van der Waals surface area contributed by atoms with Gasteiger partial charge >= 0.3 is 5.97 Å². The van der Waals surface area contributed by atoms with E-state index in [-0.39, 0.29) is 18.0 Å². The zero-order chi connectivity index (χ0) is 14.4. The summed E-state index contributed by atoms with van der Waals surface area (Å²) in [6, 6.07) is 5.59. The summed E-state index contributed by atoms with van der Waals surface area (Å²) in [4.78, 5) is 25.8. The van der Waals surface area contributed by atoms with Crippen molar-refractivity contribution in [2.24, 2.45) is 5.92 Å². The molecule has 1 N–H and O–H groups in total. The normalized spacial score (nSPS) is 27.9. The number of carboxylic acid groups (broad SMARTS) is 1. The van der Waals surface area contributed by atoms with Gasteiger partial charge in [-0.3, -0.25) is 9.59 Å². The van der Waals surface area contributed by atoms with Crippen molar-refractivity contribution in [3.63, 3.8) is 0 Å². The number of carbonyl (C=O) groups excluding carboxylic acids is 1. The molecule has 2 bridgehead atoms. The van der Waals surface area contributed by atoms with Gasteiger partial charge in [-0.2, -0.15) is 0 Å². The second-order valence-corrected chi connectivity index (χ2v) is 6.57. The van der Waals surface area contributed by atoms with Crippen LogP contribution < -0.4 is 0 Å². The Morgan fingerprint density at radius 1 is 1.35 bits per heavy atom. The van der Waals surface area contributed by atoms with Crippen molar-refractivity contribution >= 4 is 27.8 Å². The summed E-state index contributed by atoms with van der Waals surface area (Å²) in [6.07, 6.45) is 2.33. The highest BCUT2D eigenvalue weighted by molar-refractivity contribution is 9.10. The molecular weight excluding hydrogens is 322 g/mol. The van der Waals surface area contributed by atoms with E-state index >= 15 is 0 Å². The van der Waals surface area contributed by atoms with Gasteiger partial charge < -0.3 is 10.0 Å². The number of hydrogen-bond donors (Lipinski definition) is 1. The first-order valence-corrected chi connectivity index (χ1v) is 7.60. The highest BCUT2D eigenvalue weighted by Gasteiger charge is 2.51. The van der Waals surface area contributed by atoms with Crippen LogP contribution >= 0.6 is 15.9 Å². The molecule has 20 heavy (non-hydrogen) atoms. The lowest BCUT2D eigenvalue weighted by Gasteiger charge is -2.24. The van der Waals surface area contributed by atoms with Gasteiger partial charge in [-0.05, 0) is 43.9 Å². The van der Waals surface area contributed by atoms with Crippen molar-refractivity contribution in [2.45, 2.75) is 38.3 Å². The molecule has 0 radical (unpaired) electrons. The van der Waals surface area contributed by atoms with Gasteiger partial charge in [0.15, 0.2) is 0 Å². The molecular formula is C15H16BrNO3. The lowest BCUT2D eigenvalue weighted by Crippen LogP contribution is -2.38. The van der Waals surface area contributed by atoms with Crippen LogP contribution in [0.15, 0.2) is 22.7 Å². The Labute approximate surface area is 125 Å². The second-order valence-electron chi connectivity index (χ2n) is 5.65. The summed E-state index contributed by atoms with van der Waals surface area (Å²) in [5.74, 6) is -1.20. The van der Waals surface area contributed by atoms with Crippen molar-refractivity contribution in [1.82, 2.24) is 4.90 Å². The van der Waals surface area contributed by atoms with E-state index in [1.165, 1.54) is 0 Å². The van der Waals surface area contributed by atoms with Crippen LogP contribution in [0.5, 0.6) is 0 Å². The molecule has 1 aromatic rings. The number of carbonyl (C=O) groups is 2. The molecule has 2 aliphatic heterocycles. The lowest BCUT2D eigenvalue weighted by atomic mass is 9.89. The minimum atomic E-state index is -0.777. The van der Waals surface area contributed by atoms with E-state index in [1.807, 2.05) is 30.0 Å². The molecule has 3 atom stereocenters. The maximum Gasteiger partial charge on any atom is 0.308 e. The van der Waals surface area contributed by atoms with Crippen molar-refractivity contribution < 1.29 is 14.7 Å². The van der Waals surface area contributed by atoms with Crippen LogP contribution in [-0.4, -0.2) is 34.0 Å². The molecule has 2 saturated heterocycles. The fourth-order valence-corrected chi connectivity index (χ4v) is 3.90. The van der Waals surface area contributed by atoms with E-state index in [4.69, 9.17) is 0 Å². The Morgan fingerprint density at radius 2 is 2.10 bits per heavy atom. The van der Waals surface area contributed by atoms with Crippen LogP contribution in [0.3, 0.4) is 0 Å². The van der Waals surface area contributed by atoms with Gasteiger partial charge in [0.2, 0.25) is 0 Å². The molecule has 0 saturated carbocycles. The van der Waals surface area contributed by atoms with Gasteiger partial charge in [0.25, 0.3) is 5.91 Å². The maximum atomic E-state index is 12.8. The van der Waals surface area contributed by atoms with E-state index in [9.17, 15) is 14.7 Å².